The van der Waals surface area contributed by atoms with Crippen molar-refractivity contribution in [1.82, 2.24) is 4.90 Å². The minimum Gasteiger partial charge on any atom is -0.383 e. The summed E-state index contributed by atoms with van der Waals surface area (Å²) in [5.74, 6) is 0. The Morgan fingerprint density at radius 3 is 2.61 bits per heavy atom. The van der Waals surface area contributed by atoms with E-state index in [1.54, 1.807) is 12.1 Å². The number of rotatable bonds is 4. The van der Waals surface area contributed by atoms with E-state index in [9.17, 15) is 9.59 Å². The fourth-order valence-electron chi connectivity index (χ4n) is 1.39. The molecular formula is C12H17N3O3. The van der Waals surface area contributed by atoms with Gasteiger partial charge in [0.2, 0.25) is 0 Å². The number of hydrogen-bond acceptors (Lipinski definition) is 3. The van der Waals surface area contributed by atoms with Crippen molar-refractivity contribution < 1.29 is 14.3 Å². The predicted molar refractivity (Wildman–Crippen MR) is 68.4 cm³/mol. The summed E-state index contributed by atoms with van der Waals surface area (Å²) >= 11 is 0. The van der Waals surface area contributed by atoms with Crippen molar-refractivity contribution in [3.05, 3.63) is 29.8 Å². The molecule has 0 unspecified atom stereocenters. The van der Waals surface area contributed by atoms with E-state index in [1.165, 1.54) is 7.11 Å². The van der Waals surface area contributed by atoms with Gasteiger partial charge in [0.1, 0.15) is 0 Å². The molecule has 0 atom stereocenters. The number of aryl methyl sites for hydroxylation is 1. The van der Waals surface area contributed by atoms with Crippen molar-refractivity contribution >= 4 is 17.7 Å². The Labute approximate surface area is 106 Å². The molecule has 6 heteroatoms. The third-order valence-electron chi connectivity index (χ3n) is 2.42. The largest absolute Gasteiger partial charge is 0.383 e. The summed E-state index contributed by atoms with van der Waals surface area (Å²) < 4.78 is 4.82. The van der Waals surface area contributed by atoms with Gasteiger partial charge in [-0.3, -0.25) is 0 Å². The lowest BCUT2D eigenvalue weighted by Gasteiger charge is -2.19. The van der Waals surface area contributed by atoms with Crippen molar-refractivity contribution in [3.63, 3.8) is 0 Å². The number of benzene rings is 1. The van der Waals surface area contributed by atoms with Gasteiger partial charge in [-0.15, -0.1) is 0 Å². The smallest absolute Gasteiger partial charge is 0.330 e. The molecule has 18 heavy (non-hydrogen) atoms. The minimum atomic E-state index is -0.807. The average Bonchev–Trinajstić information content (AvgIpc) is 2.32. The molecule has 0 aliphatic carbocycles. The number of carbonyl (C=O) groups excluding carboxylic acids is 2. The van der Waals surface area contributed by atoms with Gasteiger partial charge in [-0.05, 0) is 18.6 Å². The zero-order chi connectivity index (χ0) is 13.5. The molecule has 1 aromatic carbocycles. The highest BCUT2D eigenvalue weighted by molar-refractivity contribution is 6.00. The number of nitrogens with two attached hydrogens (primary N) is 1. The molecule has 0 aliphatic heterocycles. The first-order valence-electron chi connectivity index (χ1n) is 5.48. The number of primary amides is 1. The van der Waals surface area contributed by atoms with E-state index >= 15 is 0 Å². The van der Waals surface area contributed by atoms with Crippen molar-refractivity contribution in [3.8, 4) is 0 Å². The number of para-hydroxylation sites is 1. The number of nitrogens with one attached hydrogen (secondary N) is 1. The Morgan fingerprint density at radius 2 is 2.06 bits per heavy atom. The summed E-state index contributed by atoms with van der Waals surface area (Å²) in [7, 11) is 1.48. The molecule has 0 saturated carbocycles. The Morgan fingerprint density at radius 1 is 1.39 bits per heavy atom. The summed E-state index contributed by atoms with van der Waals surface area (Å²) in [5, 5.41) is 2.63. The zero-order valence-electron chi connectivity index (χ0n) is 10.5. The van der Waals surface area contributed by atoms with Crippen LogP contribution in [0.1, 0.15) is 5.56 Å². The topological polar surface area (TPSA) is 84.7 Å². The first kappa shape index (κ1) is 14.0. The molecule has 0 spiro atoms. The van der Waals surface area contributed by atoms with Gasteiger partial charge in [0, 0.05) is 12.8 Å². The highest BCUT2D eigenvalue weighted by Gasteiger charge is 2.18. The van der Waals surface area contributed by atoms with Crippen LogP contribution in [-0.4, -0.2) is 37.2 Å². The highest BCUT2D eigenvalue weighted by atomic mass is 16.5. The number of hydrogen-bond donors (Lipinski definition) is 2. The molecule has 1 aromatic rings. The van der Waals surface area contributed by atoms with Crippen LogP contribution in [-0.2, 0) is 4.74 Å². The highest BCUT2D eigenvalue weighted by Crippen LogP contribution is 2.13. The second-order valence-electron chi connectivity index (χ2n) is 3.73. The van der Waals surface area contributed by atoms with Crippen molar-refractivity contribution in [2.45, 2.75) is 6.92 Å². The maximum atomic E-state index is 11.9. The lowest BCUT2D eigenvalue weighted by Crippen LogP contribution is -2.45. The number of urea groups is 2. The summed E-state index contributed by atoms with van der Waals surface area (Å²) in [6.07, 6.45) is 0. The van der Waals surface area contributed by atoms with Crippen molar-refractivity contribution in [2.24, 2.45) is 5.73 Å². The molecule has 0 heterocycles. The van der Waals surface area contributed by atoms with Gasteiger partial charge < -0.3 is 15.8 Å². The number of imide groups is 1. The molecule has 0 fully saturated rings. The summed E-state index contributed by atoms with van der Waals surface area (Å²) in [6, 6.07) is 5.91. The van der Waals surface area contributed by atoms with Gasteiger partial charge in [-0.25, -0.2) is 14.5 Å². The monoisotopic (exact) mass is 251 g/mol. The van der Waals surface area contributed by atoms with Crippen LogP contribution in [0.15, 0.2) is 24.3 Å². The Hall–Kier alpha value is -2.08. The van der Waals surface area contributed by atoms with Crippen LogP contribution in [0, 0.1) is 6.92 Å². The van der Waals surface area contributed by atoms with Crippen LogP contribution >= 0.6 is 0 Å². The van der Waals surface area contributed by atoms with Crippen LogP contribution in [0.3, 0.4) is 0 Å². The first-order chi connectivity index (χ1) is 8.56. The van der Waals surface area contributed by atoms with Gasteiger partial charge >= 0.3 is 12.1 Å². The van der Waals surface area contributed by atoms with E-state index < -0.39 is 12.1 Å². The van der Waals surface area contributed by atoms with Crippen LogP contribution in [0.4, 0.5) is 15.3 Å². The fourth-order valence-corrected chi connectivity index (χ4v) is 1.39. The molecule has 4 amide bonds. The first-order valence-corrected chi connectivity index (χ1v) is 5.48. The van der Waals surface area contributed by atoms with E-state index in [4.69, 9.17) is 10.5 Å². The third kappa shape index (κ3) is 3.74. The number of amides is 4. The molecule has 0 saturated heterocycles. The van der Waals surface area contributed by atoms with Crippen molar-refractivity contribution in [1.29, 1.82) is 0 Å². The number of methoxy groups -OCH3 is 1. The molecule has 0 aromatic heterocycles. The zero-order valence-corrected chi connectivity index (χ0v) is 10.5. The lowest BCUT2D eigenvalue weighted by molar-refractivity contribution is 0.159. The second kappa shape index (κ2) is 6.61. The molecule has 1 rings (SSSR count). The SMILES string of the molecule is COCCN(C(N)=O)C(=O)Nc1ccccc1C. The maximum absolute atomic E-state index is 11.9. The van der Waals surface area contributed by atoms with Crippen LogP contribution in [0.25, 0.3) is 0 Å². The third-order valence-corrected chi connectivity index (χ3v) is 2.42. The Balaban J connectivity index is 2.73. The lowest BCUT2D eigenvalue weighted by atomic mass is 10.2. The molecule has 0 radical (unpaired) electrons. The minimum absolute atomic E-state index is 0.115. The molecule has 3 N–H and O–H groups in total. The normalized spacial score (nSPS) is 9.89. The molecule has 0 aliphatic rings. The maximum Gasteiger partial charge on any atom is 0.330 e. The van der Waals surface area contributed by atoms with Crippen LogP contribution in [0.2, 0.25) is 0 Å². The standard InChI is InChI=1S/C12H17N3O3/c1-9-5-3-4-6-10(9)14-12(17)15(11(13)16)7-8-18-2/h3-6H,7-8H2,1-2H3,(H2,13,16)(H,14,17). The quantitative estimate of drug-likeness (QED) is 0.851. The molecule has 0 bridgehead atoms. The van der Waals surface area contributed by atoms with Gasteiger partial charge in [-0.2, -0.15) is 0 Å². The van der Waals surface area contributed by atoms with Crippen LogP contribution in [0.5, 0.6) is 0 Å². The summed E-state index contributed by atoms with van der Waals surface area (Å²) in [5.41, 5.74) is 6.69. The summed E-state index contributed by atoms with van der Waals surface area (Å²) in [6.45, 7) is 2.22. The number of ether oxygens (including phenoxy) is 1. The molecular weight excluding hydrogens is 234 g/mol. The van der Waals surface area contributed by atoms with Gasteiger partial charge in [0.05, 0.1) is 13.2 Å². The number of carbonyl (C=O) groups is 2. The van der Waals surface area contributed by atoms with E-state index in [0.29, 0.717) is 5.69 Å². The Bertz CT molecular complexity index is 434. The number of anilines is 1. The van der Waals surface area contributed by atoms with E-state index in [-0.39, 0.29) is 13.2 Å². The summed E-state index contributed by atoms with van der Waals surface area (Å²) in [4.78, 5) is 23.9. The Kier molecular flexibility index (Phi) is 5.13. The second-order valence-corrected chi connectivity index (χ2v) is 3.73. The van der Waals surface area contributed by atoms with E-state index in [1.807, 2.05) is 19.1 Å². The van der Waals surface area contributed by atoms with Crippen molar-refractivity contribution in [2.75, 3.05) is 25.6 Å². The van der Waals surface area contributed by atoms with Gasteiger partial charge in [0.25, 0.3) is 0 Å². The van der Waals surface area contributed by atoms with Gasteiger partial charge in [0.15, 0.2) is 0 Å². The molecule has 6 nitrogen and oxygen atoms in total. The van der Waals surface area contributed by atoms with Crippen LogP contribution < -0.4 is 11.1 Å². The number of nitrogens with zero attached hydrogens (tertiary/aromatic N) is 1. The van der Waals surface area contributed by atoms with E-state index in [0.717, 1.165) is 10.5 Å². The average molecular weight is 251 g/mol. The fraction of sp³-hybridized carbons (Fsp3) is 0.333. The van der Waals surface area contributed by atoms with Gasteiger partial charge in [-0.1, -0.05) is 18.2 Å². The van der Waals surface area contributed by atoms with E-state index in [2.05, 4.69) is 5.32 Å². The predicted octanol–water partition coefficient (Wildman–Crippen LogP) is 1.55. The molecule has 98 valence electrons.